The molecular formula is C16H29N9O4. The van der Waals surface area contributed by atoms with Crippen molar-refractivity contribution in [1.82, 2.24) is 16.0 Å². The minimum Gasteiger partial charge on any atom is -0.370 e. The van der Waals surface area contributed by atoms with Gasteiger partial charge in [0.15, 0.2) is 5.96 Å². The van der Waals surface area contributed by atoms with Gasteiger partial charge in [0, 0.05) is 24.4 Å². The molecule has 1 atom stereocenters. The normalized spacial score (nSPS) is 10.8. The zero-order chi connectivity index (χ0) is 21.9. The van der Waals surface area contributed by atoms with Crippen LogP contribution < -0.4 is 27.4 Å². The molecule has 0 rings (SSSR count). The van der Waals surface area contributed by atoms with E-state index in [1.165, 1.54) is 0 Å². The van der Waals surface area contributed by atoms with E-state index >= 15 is 0 Å². The van der Waals surface area contributed by atoms with Crippen LogP contribution in [0.25, 0.3) is 10.4 Å². The molecule has 0 heterocycles. The Morgan fingerprint density at radius 2 is 1.83 bits per heavy atom. The number of nitrogens with zero attached hydrogens (tertiary/aromatic N) is 4. The third kappa shape index (κ3) is 15.4. The smallest absolute Gasteiger partial charge is 0.243 e. The second kappa shape index (κ2) is 16.8. The summed E-state index contributed by atoms with van der Waals surface area (Å²) in [5, 5.41) is 10.7. The molecule has 0 saturated heterocycles. The Morgan fingerprint density at radius 1 is 1.07 bits per heavy atom. The van der Waals surface area contributed by atoms with E-state index < -0.39 is 24.4 Å². The van der Waals surface area contributed by atoms with Gasteiger partial charge >= 0.3 is 0 Å². The molecule has 0 aromatic heterocycles. The van der Waals surface area contributed by atoms with Gasteiger partial charge in [-0.15, -0.1) is 0 Å². The molecule has 13 nitrogen and oxygen atoms in total. The number of aldehydes is 1. The Kier molecular flexibility index (Phi) is 14.9. The second-order valence-corrected chi connectivity index (χ2v) is 6.04. The minimum absolute atomic E-state index is 0.0822. The van der Waals surface area contributed by atoms with Crippen molar-refractivity contribution in [2.75, 3.05) is 26.2 Å². The third-order valence-corrected chi connectivity index (χ3v) is 3.62. The highest BCUT2D eigenvalue weighted by molar-refractivity contribution is 5.90. The fourth-order valence-corrected chi connectivity index (χ4v) is 2.22. The Hall–Kier alpha value is -3.34. The van der Waals surface area contributed by atoms with E-state index in [1.807, 2.05) is 0 Å². The van der Waals surface area contributed by atoms with E-state index in [2.05, 4.69) is 31.0 Å². The highest BCUT2D eigenvalue weighted by Gasteiger charge is 2.20. The first-order valence-corrected chi connectivity index (χ1v) is 9.24. The molecule has 0 aliphatic carbocycles. The lowest BCUT2D eigenvalue weighted by molar-refractivity contribution is -0.130. The number of aliphatic imine (C=N–C) groups is 1. The van der Waals surface area contributed by atoms with Gasteiger partial charge in [-0.3, -0.25) is 19.4 Å². The predicted octanol–water partition coefficient (Wildman–Crippen LogP) is -1.17. The third-order valence-electron chi connectivity index (χ3n) is 3.62. The molecule has 0 aliphatic rings. The summed E-state index contributed by atoms with van der Waals surface area (Å²) in [6.45, 7) is 0.0177. The van der Waals surface area contributed by atoms with Crippen LogP contribution in [0.4, 0.5) is 0 Å². The fourth-order valence-electron chi connectivity index (χ4n) is 2.22. The molecule has 0 fully saturated rings. The van der Waals surface area contributed by atoms with Crippen molar-refractivity contribution < 1.29 is 19.2 Å². The summed E-state index contributed by atoms with van der Waals surface area (Å²) < 4.78 is 0. The van der Waals surface area contributed by atoms with E-state index in [1.54, 1.807) is 0 Å². The first kappa shape index (κ1) is 25.7. The molecule has 162 valence electrons. The van der Waals surface area contributed by atoms with E-state index in [0.717, 1.165) is 25.5 Å². The highest BCUT2D eigenvalue weighted by Crippen LogP contribution is 1.99. The highest BCUT2D eigenvalue weighted by atomic mass is 16.2. The maximum absolute atomic E-state index is 12.3. The first-order chi connectivity index (χ1) is 13.9. The summed E-state index contributed by atoms with van der Waals surface area (Å²) in [6, 6.07) is -0.929. The van der Waals surface area contributed by atoms with Gasteiger partial charge in [0.05, 0.1) is 6.54 Å². The molecule has 0 spiro atoms. The SMILES string of the molecule is [N-]=[N+]=NCC(=O)N[C@@H](CCCN=C(N)N)C(=O)NCC(=O)NCCCCCC=O. The van der Waals surface area contributed by atoms with E-state index in [0.29, 0.717) is 19.4 Å². The predicted molar refractivity (Wildman–Crippen MR) is 106 cm³/mol. The molecule has 0 aromatic carbocycles. The van der Waals surface area contributed by atoms with Crippen molar-refractivity contribution >= 4 is 30.0 Å². The number of rotatable bonds is 16. The van der Waals surface area contributed by atoms with Gasteiger partial charge in [0.2, 0.25) is 17.7 Å². The van der Waals surface area contributed by atoms with Gasteiger partial charge in [0.25, 0.3) is 0 Å². The van der Waals surface area contributed by atoms with Crippen molar-refractivity contribution in [1.29, 1.82) is 0 Å². The zero-order valence-electron chi connectivity index (χ0n) is 16.3. The summed E-state index contributed by atoms with van der Waals surface area (Å²) in [4.78, 5) is 52.3. The first-order valence-electron chi connectivity index (χ1n) is 9.24. The number of unbranched alkanes of at least 4 members (excludes halogenated alkanes) is 3. The van der Waals surface area contributed by atoms with Crippen molar-refractivity contribution in [3.05, 3.63) is 10.4 Å². The van der Waals surface area contributed by atoms with Crippen LogP contribution in [0.5, 0.6) is 0 Å². The van der Waals surface area contributed by atoms with Crippen LogP contribution in [0.1, 0.15) is 38.5 Å². The van der Waals surface area contributed by atoms with Crippen molar-refractivity contribution in [3.8, 4) is 0 Å². The maximum atomic E-state index is 12.3. The van der Waals surface area contributed by atoms with Crippen LogP contribution in [0.3, 0.4) is 0 Å². The fraction of sp³-hybridized carbons (Fsp3) is 0.688. The molecule has 0 aromatic rings. The van der Waals surface area contributed by atoms with Gasteiger partial charge < -0.3 is 32.2 Å². The number of nitrogens with one attached hydrogen (secondary N) is 3. The molecule has 13 heteroatoms. The number of hydrogen-bond acceptors (Lipinski definition) is 6. The molecule has 29 heavy (non-hydrogen) atoms. The molecular weight excluding hydrogens is 382 g/mol. The average Bonchev–Trinajstić information content (AvgIpc) is 2.69. The lowest BCUT2D eigenvalue weighted by Crippen LogP contribution is -2.49. The van der Waals surface area contributed by atoms with Crippen LogP contribution in [0.15, 0.2) is 10.1 Å². The monoisotopic (exact) mass is 411 g/mol. The van der Waals surface area contributed by atoms with Crippen LogP contribution >= 0.6 is 0 Å². The molecule has 0 aliphatic heterocycles. The lowest BCUT2D eigenvalue weighted by atomic mass is 10.1. The summed E-state index contributed by atoms with van der Waals surface area (Å²) in [5.41, 5.74) is 18.7. The molecule has 0 saturated carbocycles. The average molecular weight is 411 g/mol. The quantitative estimate of drug-likeness (QED) is 0.0400. The van der Waals surface area contributed by atoms with E-state index in [-0.39, 0.29) is 31.4 Å². The molecule has 0 bridgehead atoms. The van der Waals surface area contributed by atoms with Crippen LogP contribution in [0.2, 0.25) is 0 Å². The zero-order valence-corrected chi connectivity index (χ0v) is 16.3. The van der Waals surface area contributed by atoms with Crippen LogP contribution in [-0.2, 0) is 19.2 Å². The second-order valence-electron chi connectivity index (χ2n) is 6.04. The molecule has 3 amide bonds. The molecule has 0 radical (unpaired) electrons. The Bertz CT molecular complexity index is 614. The molecule has 7 N–H and O–H groups in total. The number of amides is 3. The van der Waals surface area contributed by atoms with Gasteiger partial charge in [-0.1, -0.05) is 11.5 Å². The van der Waals surface area contributed by atoms with Gasteiger partial charge in [-0.2, -0.15) is 0 Å². The Morgan fingerprint density at radius 3 is 2.48 bits per heavy atom. The summed E-state index contributed by atoms with van der Waals surface area (Å²) in [7, 11) is 0. The summed E-state index contributed by atoms with van der Waals surface area (Å²) in [6.07, 6.45) is 4.31. The number of guanidine groups is 1. The largest absolute Gasteiger partial charge is 0.370 e. The number of azide groups is 1. The van der Waals surface area contributed by atoms with Crippen LogP contribution in [-0.4, -0.2) is 62.2 Å². The van der Waals surface area contributed by atoms with Crippen LogP contribution in [0, 0.1) is 0 Å². The van der Waals surface area contributed by atoms with Crippen molar-refractivity contribution in [3.63, 3.8) is 0 Å². The van der Waals surface area contributed by atoms with Gasteiger partial charge in [-0.05, 0) is 31.2 Å². The van der Waals surface area contributed by atoms with Crippen molar-refractivity contribution in [2.45, 2.75) is 44.6 Å². The Balaban J connectivity index is 4.42. The number of carbonyl (C=O) groups is 4. The number of hydrogen-bond donors (Lipinski definition) is 5. The van der Waals surface area contributed by atoms with E-state index in [4.69, 9.17) is 17.0 Å². The summed E-state index contributed by atoms with van der Waals surface area (Å²) in [5.74, 6) is -1.62. The van der Waals surface area contributed by atoms with E-state index in [9.17, 15) is 19.2 Å². The maximum Gasteiger partial charge on any atom is 0.243 e. The van der Waals surface area contributed by atoms with Crippen molar-refractivity contribution in [2.24, 2.45) is 21.6 Å². The number of nitrogens with two attached hydrogens (primary N) is 2. The Labute approximate surface area is 168 Å². The standard InChI is InChI=1S/C16H29N9O4/c17-16(18)21-8-5-6-12(24-14(28)11-23-25-19)15(29)22-10-13(27)20-7-3-1-2-4-9-26/h9,12H,1-8,10-11H2,(H,20,27)(H,22,29)(H,24,28)(H4,17,18,21)/t12-/m0/s1. The summed E-state index contributed by atoms with van der Waals surface area (Å²) >= 11 is 0. The lowest BCUT2D eigenvalue weighted by Gasteiger charge is -2.17. The topological polar surface area (TPSA) is 218 Å². The van der Waals surface area contributed by atoms with Gasteiger partial charge in [0.1, 0.15) is 18.9 Å². The van der Waals surface area contributed by atoms with Gasteiger partial charge in [-0.25, -0.2) is 0 Å². The number of carbonyl (C=O) groups excluding carboxylic acids is 4. The molecule has 0 unspecified atom stereocenters. The minimum atomic E-state index is -0.929.